The number of hydrogen-bond donors (Lipinski definition) is 1. The van der Waals surface area contributed by atoms with Crippen molar-refractivity contribution in [2.45, 2.75) is 39.4 Å². The highest BCUT2D eigenvalue weighted by Crippen LogP contribution is 2.38. The Balaban J connectivity index is 2.57. The Kier molecular flexibility index (Phi) is 1.57. The monoisotopic (exact) mass is 144 g/mol. The summed E-state index contributed by atoms with van der Waals surface area (Å²) in [6.45, 7) is 8.70. The largest absolute Gasteiger partial charge is 0.389 e. The number of hydrogen-bond acceptors (Lipinski definition) is 2. The molecule has 0 saturated carbocycles. The summed E-state index contributed by atoms with van der Waals surface area (Å²) in [6, 6.07) is 0. The van der Waals surface area contributed by atoms with Crippen molar-refractivity contribution in [1.29, 1.82) is 0 Å². The van der Waals surface area contributed by atoms with E-state index < -0.39 is 0 Å². The van der Waals surface area contributed by atoms with Gasteiger partial charge in [0.15, 0.2) is 0 Å². The maximum atomic E-state index is 9.66. The van der Waals surface area contributed by atoms with Gasteiger partial charge in [0, 0.05) is 0 Å². The zero-order chi connectivity index (χ0) is 7.99. The van der Waals surface area contributed by atoms with E-state index in [9.17, 15) is 5.11 Å². The van der Waals surface area contributed by atoms with Gasteiger partial charge in [-0.3, -0.25) is 0 Å². The number of aliphatic hydroxyl groups is 1. The summed E-state index contributed by atoms with van der Waals surface area (Å²) in [6.07, 6.45) is -0.347. The molecule has 1 saturated heterocycles. The lowest BCUT2D eigenvalue weighted by Crippen LogP contribution is -2.38. The minimum absolute atomic E-state index is 0.0642. The normalized spacial score (nSPS) is 35.7. The number of aliphatic hydroxyl groups excluding tert-OH is 1. The lowest BCUT2D eigenvalue weighted by atomic mass is 9.82. The fourth-order valence-electron chi connectivity index (χ4n) is 1.19. The Labute approximate surface area is 62.2 Å². The van der Waals surface area contributed by atoms with Gasteiger partial charge < -0.3 is 9.84 Å². The molecule has 1 aliphatic heterocycles. The lowest BCUT2D eigenvalue weighted by Gasteiger charge is -2.28. The minimum Gasteiger partial charge on any atom is -0.389 e. The van der Waals surface area contributed by atoms with Crippen LogP contribution in [0.15, 0.2) is 0 Å². The highest BCUT2D eigenvalue weighted by atomic mass is 16.6. The van der Waals surface area contributed by atoms with Crippen LogP contribution in [0.3, 0.4) is 0 Å². The zero-order valence-corrected chi connectivity index (χ0v) is 7.14. The molecule has 0 aromatic carbocycles. The number of epoxide rings is 1. The van der Waals surface area contributed by atoms with Crippen LogP contribution < -0.4 is 0 Å². The lowest BCUT2D eigenvalue weighted by molar-refractivity contribution is -0.00000595. The summed E-state index contributed by atoms with van der Waals surface area (Å²) >= 11 is 0. The molecule has 10 heavy (non-hydrogen) atoms. The van der Waals surface area contributed by atoms with E-state index in [0.717, 1.165) is 0 Å². The molecule has 1 N–H and O–H groups in total. The van der Waals surface area contributed by atoms with Crippen LogP contribution >= 0.6 is 0 Å². The molecule has 1 fully saturated rings. The Morgan fingerprint density at radius 3 is 2.00 bits per heavy atom. The van der Waals surface area contributed by atoms with Crippen molar-refractivity contribution in [3.8, 4) is 0 Å². The van der Waals surface area contributed by atoms with E-state index in [2.05, 4.69) is 0 Å². The van der Waals surface area contributed by atoms with E-state index in [1.54, 1.807) is 0 Å². The van der Waals surface area contributed by atoms with Gasteiger partial charge in [-0.2, -0.15) is 0 Å². The molecule has 0 bridgehead atoms. The van der Waals surface area contributed by atoms with E-state index in [0.29, 0.717) is 6.61 Å². The van der Waals surface area contributed by atoms with Crippen molar-refractivity contribution < 1.29 is 9.84 Å². The fraction of sp³-hybridized carbons (Fsp3) is 1.00. The zero-order valence-electron chi connectivity index (χ0n) is 7.14. The molecule has 0 amide bonds. The first-order valence-electron chi connectivity index (χ1n) is 3.68. The third kappa shape index (κ3) is 1.32. The van der Waals surface area contributed by atoms with Crippen molar-refractivity contribution in [2.24, 2.45) is 5.41 Å². The van der Waals surface area contributed by atoms with E-state index in [-0.39, 0.29) is 17.1 Å². The van der Waals surface area contributed by atoms with E-state index in [4.69, 9.17) is 4.74 Å². The van der Waals surface area contributed by atoms with E-state index >= 15 is 0 Å². The number of ether oxygens (including phenoxy) is 1. The first kappa shape index (κ1) is 8.02. The number of rotatable bonds is 1. The molecule has 2 nitrogen and oxygen atoms in total. The van der Waals surface area contributed by atoms with Gasteiger partial charge in [0.2, 0.25) is 0 Å². The molecular formula is C8H16O2. The van der Waals surface area contributed by atoms with Crippen molar-refractivity contribution in [2.75, 3.05) is 6.61 Å². The molecule has 2 atom stereocenters. The van der Waals surface area contributed by atoms with Gasteiger partial charge in [-0.05, 0) is 12.3 Å². The average Bonchev–Trinajstić information content (AvgIpc) is 2.45. The third-order valence-corrected chi connectivity index (χ3v) is 2.00. The molecule has 0 unspecified atom stereocenters. The van der Waals surface area contributed by atoms with Crippen molar-refractivity contribution >= 4 is 0 Å². The second-order valence-electron chi connectivity index (χ2n) is 4.37. The molecule has 0 aromatic rings. The second kappa shape index (κ2) is 1.95. The smallest absolute Gasteiger partial charge is 0.115 e. The Bertz CT molecular complexity index is 125. The van der Waals surface area contributed by atoms with Gasteiger partial charge in [0.1, 0.15) is 5.60 Å². The SMILES string of the molecule is CC(C)(C)[C@H](O)[C@@]1(C)CO1. The molecule has 0 spiro atoms. The van der Waals surface area contributed by atoms with Gasteiger partial charge in [-0.25, -0.2) is 0 Å². The Hall–Kier alpha value is -0.0800. The maximum Gasteiger partial charge on any atom is 0.115 e. The summed E-state index contributed by atoms with van der Waals surface area (Å²) in [5.41, 5.74) is -0.316. The van der Waals surface area contributed by atoms with Crippen molar-refractivity contribution in [3.05, 3.63) is 0 Å². The van der Waals surface area contributed by atoms with Crippen LogP contribution in [0.5, 0.6) is 0 Å². The molecular weight excluding hydrogens is 128 g/mol. The summed E-state index contributed by atoms with van der Waals surface area (Å²) in [7, 11) is 0. The van der Waals surface area contributed by atoms with Gasteiger partial charge in [0.25, 0.3) is 0 Å². The minimum atomic E-state index is -0.347. The third-order valence-electron chi connectivity index (χ3n) is 2.00. The van der Waals surface area contributed by atoms with Crippen molar-refractivity contribution in [3.63, 3.8) is 0 Å². The Morgan fingerprint density at radius 2 is 1.90 bits per heavy atom. The fourth-order valence-corrected chi connectivity index (χ4v) is 1.19. The molecule has 2 heteroatoms. The predicted octanol–water partition coefficient (Wildman–Crippen LogP) is 1.18. The van der Waals surface area contributed by atoms with Gasteiger partial charge in [-0.15, -0.1) is 0 Å². The molecule has 0 aromatic heterocycles. The van der Waals surface area contributed by atoms with E-state index in [1.165, 1.54) is 0 Å². The molecule has 1 heterocycles. The predicted molar refractivity (Wildman–Crippen MR) is 39.8 cm³/mol. The second-order valence-corrected chi connectivity index (χ2v) is 4.37. The summed E-state index contributed by atoms with van der Waals surface area (Å²) in [5, 5.41) is 9.66. The molecule has 0 aliphatic carbocycles. The molecule has 0 radical (unpaired) electrons. The standard InChI is InChI=1S/C8H16O2/c1-7(2,3)6(9)8(4)5-10-8/h6,9H,5H2,1-4H3/t6-,8+/m0/s1. The Morgan fingerprint density at radius 1 is 1.50 bits per heavy atom. The summed E-state index contributed by atoms with van der Waals surface area (Å²) < 4.78 is 5.13. The average molecular weight is 144 g/mol. The first-order chi connectivity index (χ1) is 4.36. The van der Waals surface area contributed by atoms with Crippen LogP contribution in [0.25, 0.3) is 0 Å². The van der Waals surface area contributed by atoms with Crippen LogP contribution in [0.1, 0.15) is 27.7 Å². The highest BCUT2D eigenvalue weighted by molar-refractivity contribution is 4.99. The maximum absolute atomic E-state index is 9.66. The summed E-state index contributed by atoms with van der Waals surface area (Å²) in [4.78, 5) is 0. The molecule has 1 aliphatic rings. The molecule has 1 rings (SSSR count). The van der Waals surface area contributed by atoms with Gasteiger partial charge >= 0.3 is 0 Å². The van der Waals surface area contributed by atoms with Crippen LogP contribution in [0.2, 0.25) is 0 Å². The van der Waals surface area contributed by atoms with Crippen LogP contribution in [-0.4, -0.2) is 23.4 Å². The van der Waals surface area contributed by atoms with Crippen LogP contribution in [0.4, 0.5) is 0 Å². The van der Waals surface area contributed by atoms with Gasteiger partial charge in [-0.1, -0.05) is 20.8 Å². The first-order valence-corrected chi connectivity index (χ1v) is 3.68. The topological polar surface area (TPSA) is 32.8 Å². The quantitative estimate of drug-likeness (QED) is 0.560. The summed E-state index contributed by atoms with van der Waals surface area (Å²) in [5.74, 6) is 0. The van der Waals surface area contributed by atoms with Crippen LogP contribution in [0, 0.1) is 5.41 Å². The van der Waals surface area contributed by atoms with E-state index in [1.807, 2.05) is 27.7 Å². The van der Waals surface area contributed by atoms with Crippen molar-refractivity contribution in [1.82, 2.24) is 0 Å². The molecule has 60 valence electrons. The van der Waals surface area contributed by atoms with Crippen LogP contribution in [-0.2, 0) is 4.74 Å². The highest BCUT2D eigenvalue weighted by Gasteiger charge is 2.50. The van der Waals surface area contributed by atoms with Gasteiger partial charge in [0.05, 0.1) is 12.7 Å².